The molecule has 0 heterocycles. The molecule has 1 aliphatic rings. The van der Waals surface area contributed by atoms with Gasteiger partial charge in [-0.25, -0.2) is 18.4 Å². The molecule has 7 heteroatoms. The Hall–Kier alpha value is -1.60. The number of carbonyl (C=O) groups is 1. The van der Waals surface area contributed by atoms with E-state index in [1.165, 1.54) is 0 Å². The summed E-state index contributed by atoms with van der Waals surface area (Å²) in [5.74, 6) is -0.0102. The van der Waals surface area contributed by atoms with E-state index in [9.17, 15) is 13.2 Å². The number of benzene rings is 1. The number of carbonyl (C=O) groups excluding carboxylic acids is 1. The lowest BCUT2D eigenvalue weighted by Crippen LogP contribution is -2.33. The van der Waals surface area contributed by atoms with Gasteiger partial charge in [-0.2, -0.15) is 0 Å². The van der Waals surface area contributed by atoms with E-state index in [2.05, 4.69) is 5.32 Å². The lowest BCUT2D eigenvalue weighted by Gasteiger charge is -2.13. The number of ether oxygens (including phenoxy) is 1. The summed E-state index contributed by atoms with van der Waals surface area (Å²) in [6, 6.07) is 9.38. The van der Waals surface area contributed by atoms with E-state index in [-0.39, 0.29) is 24.3 Å². The predicted octanol–water partition coefficient (Wildman–Crippen LogP) is 1.37. The van der Waals surface area contributed by atoms with Crippen molar-refractivity contribution >= 4 is 16.1 Å². The van der Waals surface area contributed by atoms with Crippen molar-refractivity contribution in [2.45, 2.75) is 31.9 Å². The molecular formula is C14H20N2O4S. The summed E-state index contributed by atoms with van der Waals surface area (Å²) in [7, 11) is -3.45. The van der Waals surface area contributed by atoms with E-state index in [1.54, 1.807) is 0 Å². The van der Waals surface area contributed by atoms with Crippen LogP contribution in [0, 0.1) is 5.92 Å². The molecule has 3 N–H and O–H groups in total. The Morgan fingerprint density at radius 3 is 2.67 bits per heavy atom. The second-order valence-corrected chi connectivity index (χ2v) is 7.07. The van der Waals surface area contributed by atoms with Crippen LogP contribution in [0.3, 0.4) is 0 Å². The Morgan fingerprint density at radius 2 is 2.00 bits per heavy atom. The van der Waals surface area contributed by atoms with Crippen LogP contribution in [0.4, 0.5) is 4.79 Å². The van der Waals surface area contributed by atoms with Gasteiger partial charge in [0.15, 0.2) is 0 Å². The molecule has 2 atom stereocenters. The first-order chi connectivity index (χ1) is 9.92. The van der Waals surface area contributed by atoms with E-state index < -0.39 is 16.1 Å². The summed E-state index contributed by atoms with van der Waals surface area (Å²) in [5.41, 5.74) is 0.922. The second kappa shape index (κ2) is 6.91. The van der Waals surface area contributed by atoms with E-state index in [0.717, 1.165) is 18.4 Å². The summed E-state index contributed by atoms with van der Waals surface area (Å²) in [4.78, 5) is 11.7. The number of rotatable bonds is 5. The Balaban J connectivity index is 1.72. The third-order valence-electron chi connectivity index (χ3n) is 3.54. The van der Waals surface area contributed by atoms with Gasteiger partial charge in [0.05, 0.1) is 5.75 Å². The standard InChI is InChI=1S/C14H20N2O4S/c15-21(18,19)10-12-6-7-13(8-12)16-14(17)20-9-11-4-2-1-3-5-11/h1-5,12-13H,6-10H2,(H,16,17)(H2,15,18,19)/t12-,13+/m1/s1. The molecule has 116 valence electrons. The first kappa shape index (κ1) is 15.8. The number of amides is 1. The van der Waals surface area contributed by atoms with Crippen LogP contribution in [0.5, 0.6) is 0 Å². The van der Waals surface area contributed by atoms with Gasteiger partial charge in [0, 0.05) is 6.04 Å². The average Bonchev–Trinajstić information content (AvgIpc) is 2.82. The molecule has 6 nitrogen and oxygen atoms in total. The highest BCUT2D eigenvalue weighted by Gasteiger charge is 2.28. The van der Waals surface area contributed by atoms with E-state index in [1.807, 2.05) is 30.3 Å². The van der Waals surface area contributed by atoms with Crippen molar-refractivity contribution in [1.29, 1.82) is 0 Å². The van der Waals surface area contributed by atoms with Gasteiger partial charge in [-0.1, -0.05) is 30.3 Å². The molecule has 0 radical (unpaired) electrons. The van der Waals surface area contributed by atoms with Crippen LogP contribution < -0.4 is 10.5 Å². The molecule has 0 unspecified atom stereocenters. The molecule has 21 heavy (non-hydrogen) atoms. The van der Waals surface area contributed by atoms with Gasteiger partial charge >= 0.3 is 6.09 Å². The van der Waals surface area contributed by atoms with Gasteiger partial charge in [-0.05, 0) is 30.7 Å². The Kier molecular flexibility index (Phi) is 5.19. The Bertz CT molecular complexity index is 574. The highest BCUT2D eigenvalue weighted by molar-refractivity contribution is 7.89. The first-order valence-electron chi connectivity index (χ1n) is 6.90. The highest BCUT2D eigenvalue weighted by Crippen LogP contribution is 2.26. The summed E-state index contributed by atoms with van der Waals surface area (Å²) >= 11 is 0. The van der Waals surface area contributed by atoms with Crippen LogP contribution in [0.15, 0.2) is 30.3 Å². The summed E-state index contributed by atoms with van der Waals surface area (Å²) in [6.07, 6.45) is 1.65. The number of nitrogens with one attached hydrogen (secondary N) is 1. The molecular weight excluding hydrogens is 292 g/mol. The summed E-state index contributed by atoms with van der Waals surface area (Å²) in [5, 5.41) is 7.80. The van der Waals surface area contributed by atoms with Crippen LogP contribution in [-0.2, 0) is 21.4 Å². The van der Waals surface area contributed by atoms with Crippen molar-refractivity contribution in [2.75, 3.05) is 5.75 Å². The number of hydrogen-bond donors (Lipinski definition) is 2. The third-order valence-corrected chi connectivity index (χ3v) is 4.48. The first-order valence-corrected chi connectivity index (χ1v) is 8.61. The minimum Gasteiger partial charge on any atom is -0.445 e. The van der Waals surface area contributed by atoms with Gasteiger partial charge in [0.25, 0.3) is 0 Å². The molecule has 1 aromatic carbocycles. The average molecular weight is 312 g/mol. The Morgan fingerprint density at radius 1 is 1.29 bits per heavy atom. The zero-order valence-corrected chi connectivity index (χ0v) is 12.5. The summed E-state index contributed by atoms with van der Waals surface area (Å²) < 4.78 is 27.2. The van der Waals surface area contributed by atoms with E-state index in [0.29, 0.717) is 6.42 Å². The van der Waals surface area contributed by atoms with Crippen LogP contribution in [0.2, 0.25) is 0 Å². The quantitative estimate of drug-likeness (QED) is 0.858. The van der Waals surface area contributed by atoms with Gasteiger partial charge < -0.3 is 10.1 Å². The third kappa shape index (κ3) is 5.73. The highest BCUT2D eigenvalue weighted by atomic mass is 32.2. The number of primary sulfonamides is 1. The molecule has 0 bridgehead atoms. The predicted molar refractivity (Wildman–Crippen MR) is 78.9 cm³/mol. The number of nitrogens with two attached hydrogens (primary N) is 1. The van der Waals surface area contributed by atoms with E-state index >= 15 is 0 Å². The van der Waals surface area contributed by atoms with Crippen LogP contribution in [-0.4, -0.2) is 26.3 Å². The van der Waals surface area contributed by atoms with Crippen LogP contribution >= 0.6 is 0 Å². The van der Waals surface area contributed by atoms with Crippen molar-refractivity contribution in [2.24, 2.45) is 11.1 Å². The van der Waals surface area contributed by atoms with Gasteiger partial charge in [-0.15, -0.1) is 0 Å². The number of hydrogen-bond acceptors (Lipinski definition) is 4. The molecule has 1 aromatic rings. The van der Waals surface area contributed by atoms with Gasteiger partial charge in [-0.3, -0.25) is 0 Å². The SMILES string of the molecule is NS(=O)(=O)C[C@@H]1CC[C@H](NC(=O)OCc2ccccc2)C1. The molecule has 0 saturated heterocycles. The molecule has 1 fully saturated rings. The second-order valence-electron chi connectivity index (χ2n) is 5.41. The molecule has 1 aliphatic carbocycles. The maximum absolute atomic E-state index is 11.7. The molecule has 1 amide bonds. The largest absolute Gasteiger partial charge is 0.445 e. The minimum atomic E-state index is -3.45. The zero-order chi connectivity index (χ0) is 15.3. The molecule has 0 aromatic heterocycles. The maximum Gasteiger partial charge on any atom is 0.407 e. The molecule has 2 rings (SSSR count). The maximum atomic E-state index is 11.7. The summed E-state index contributed by atoms with van der Waals surface area (Å²) in [6.45, 7) is 0.222. The van der Waals surface area contributed by atoms with Crippen molar-refractivity contribution in [3.8, 4) is 0 Å². The van der Waals surface area contributed by atoms with Crippen molar-refractivity contribution in [3.63, 3.8) is 0 Å². The zero-order valence-electron chi connectivity index (χ0n) is 11.7. The van der Waals surface area contributed by atoms with Crippen molar-refractivity contribution < 1.29 is 17.9 Å². The van der Waals surface area contributed by atoms with Gasteiger partial charge in [0.2, 0.25) is 10.0 Å². The fourth-order valence-corrected chi connectivity index (χ4v) is 3.58. The Labute approximate surface area is 124 Å². The topological polar surface area (TPSA) is 98.5 Å². The van der Waals surface area contributed by atoms with E-state index in [4.69, 9.17) is 9.88 Å². The number of alkyl carbamates (subject to hydrolysis) is 1. The van der Waals surface area contributed by atoms with Crippen molar-refractivity contribution in [3.05, 3.63) is 35.9 Å². The fraction of sp³-hybridized carbons (Fsp3) is 0.500. The van der Waals surface area contributed by atoms with Gasteiger partial charge in [0.1, 0.15) is 6.61 Å². The smallest absolute Gasteiger partial charge is 0.407 e. The monoisotopic (exact) mass is 312 g/mol. The lowest BCUT2D eigenvalue weighted by atomic mass is 10.1. The molecule has 1 saturated carbocycles. The van der Waals surface area contributed by atoms with Crippen molar-refractivity contribution in [1.82, 2.24) is 5.32 Å². The lowest BCUT2D eigenvalue weighted by molar-refractivity contribution is 0.135. The normalized spacial score (nSPS) is 22.0. The number of sulfonamides is 1. The molecule has 0 aliphatic heterocycles. The van der Waals surface area contributed by atoms with Crippen LogP contribution in [0.25, 0.3) is 0 Å². The fourth-order valence-electron chi connectivity index (χ4n) is 2.62. The molecule has 0 spiro atoms. The minimum absolute atomic E-state index is 0.0134. The van der Waals surface area contributed by atoms with Crippen LogP contribution in [0.1, 0.15) is 24.8 Å².